The predicted molar refractivity (Wildman–Crippen MR) is 143 cm³/mol. The Kier molecular flexibility index (Phi) is 6.58. The van der Waals surface area contributed by atoms with Crippen molar-refractivity contribution in [1.29, 1.82) is 0 Å². The molecule has 10 nitrogen and oxygen atoms in total. The van der Waals surface area contributed by atoms with Crippen molar-refractivity contribution in [2.45, 2.75) is 43.1 Å². The topological polar surface area (TPSA) is 125 Å². The van der Waals surface area contributed by atoms with Gasteiger partial charge in [-0.1, -0.05) is 0 Å². The lowest BCUT2D eigenvalue weighted by atomic mass is 10.1. The number of fused-ring (bicyclic) bond motifs is 1. The molecule has 0 atom stereocenters. The van der Waals surface area contributed by atoms with Gasteiger partial charge in [0, 0.05) is 37.7 Å². The van der Waals surface area contributed by atoms with Crippen molar-refractivity contribution >= 4 is 60.2 Å². The maximum Gasteiger partial charge on any atom is 0.229 e. The van der Waals surface area contributed by atoms with Crippen LogP contribution in [-0.2, 0) is 16.9 Å². The minimum atomic E-state index is -3.59. The van der Waals surface area contributed by atoms with Gasteiger partial charge in [0.05, 0.1) is 27.3 Å². The highest BCUT2D eigenvalue weighted by molar-refractivity contribution is 7.92. The maximum absolute atomic E-state index is 12.9. The molecule has 0 amide bonds. The van der Waals surface area contributed by atoms with Crippen LogP contribution in [0.2, 0.25) is 0 Å². The fourth-order valence-corrected chi connectivity index (χ4v) is 6.00. The Bertz CT molecular complexity index is 1470. The number of benzene rings is 1. The molecular formula is C24H29N7O3S2. The molecule has 1 aliphatic heterocycles. The van der Waals surface area contributed by atoms with Gasteiger partial charge in [0.25, 0.3) is 0 Å². The highest BCUT2D eigenvalue weighted by Gasteiger charge is 2.27. The molecule has 3 N–H and O–H groups in total. The van der Waals surface area contributed by atoms with Gasteiger partial charge < -0.3 is 20.6 Å². The molecule has 0 unspecified atom stereocenters. The Morgan fingerprint density at radius 1 is 1.08 bits per heavy atom. The van der Waals surface area contributed by atoms with Gasteiger partial charge in [-0.3, -0.25) is 4.68 Å². The Morgan fingerprint density at radius 3 is 2.50 bits per heavy atom. The number of rotatable bonds is 7. The van der Waals surface area contributed by atoms with E-state index < -0.39 is 15.1 Å². The summed E-state index contributed by atoms with van der Waals surface area (Å²) in [5, 5.41) is 21.7. The monoisotopic (exact) mass is 527 g/mol. The third kappa shape index (κ3) is 4.88. The maximum atomic E-state index is 12.9. The number of aromatic nitrogens is 4. The second-order valence-electron chi connectivity index (χ2n) is 9.16. The zero-order chi connectivity index (χ0) is 25.4. The average molecular weight is 528 g/mol. The number of hydrogen-bond acceptors (Lipinski definition) is 10. The molecule has 0 radical (unpaired) electrons. The first kappa shape index (κ1) is 24.5. The summed E-state index contributed by atoms with van der Waals surface area (Å²) in [5.74, 6) is 0.906. The Balaban J connectivity index is 1.41. The molecule has 4 aromatic rings. The smallest absolute Gasteiger partial charge is 0.229 e. The van der Waals surface area contributed by atoms with Crippen molar-refractivity contribution in [1.82, 2.24) is 19.7 Å². The van der Waals surface area contributed by atoms with Gasteiger partial charge in [-0.15, -0.1) is 11.3 Å². The number of nitrogens with one attached hydrogen (secondary N) is 2. The van der Waals surface area contributed by atoms with E-state index in [0.717, 1.165) is 47.5 Å². The van der Waals surface area contributed by atoms with Crippen LogP contribution in [0.5, 0.6) is 0 Å². The molecule has 0 aliphatic carbocycles. The molecule has 0 saturated carbocycles. The summed E-state index contributed by atoms with van der Waals surface area (Å²) in [6.07, 6.45) is 2.99. The zero-order valence-electron chi connectivity index (χ0n) is 20.3. The van der Waals surface area contributed by atoms with Crippen LogP contribution in [-0.4, -0.2) is 57.7 Å². The molecule has 1 aliphatic rings. The number of piperidine rings is 1. The van der Waals surface area contributed by atoms with E-state index in [1.165, 1.54) is 16.0 Å². The molecule has 1 saturated heterocycles. The first-order valence-electron chi connectivity index (χ1n) is 11.8. The summed E-state index contributed by atoms with van der Waals surface area (Å²) in [6, 6.07) is 9.94. The molecule has 3 aromatic heterocycles. The van der Waals surface area contributed by atoms with Crippen LogP contribution in [0, 0.1) is 0 Å². The zero-order valence-corrected chi connectivity index (χ0v) is 22.0. The van der Waals surface area contributed by atoms with Crippen molar-refractivity contribution in [3.8, 4) is 0 Å². The number of hydrogen-bond donors (Lipinski definition) is 3. The molecule has 12 heteroatoms. The summed E-state index contributed by atoms with van der Waals surface area (Å²) in [7, 11) is -1.90. The van der Waals surface area contributed by atoms with Crippen LogP contribution < -0.4 is 15.5 Å². The van der Waals surface area contributed by atoms with Crippen LogP contribution >= 0.6 is 11.3 Å². The number of aryl methyl sites for hydroxylation is 1. The van der Waals surface area contributed by atoms with Crippen LogP contribution in [0.25, 0.3) is 10.2 Å². The van der Waals surface area contributed by atoms with E-state index in [1.54, 1.807) is 27.1 Å². The lowest BCUT2D eigenvalue weighted by Crippen LogP contribution is -2.35. The number of anilines is 5. The summed E-state index contributed by atoms with van der Waals surface area (Å²) >= 11 is 1.48. The van der Waals surface area contributed by atoms with Gasteiger partial charge in [0.15, 0.2) is 5.82 Å². The molecule has 1 fully saturated rings. The summed E-state index contributed by atoms with van der Waals surface area (Å²) in [5.41, 5.74) is 3.07. The fraction of sp³-hybridized carbons (Fsp3) is 0.375. The van der Waals surface area contributed by atoms with Gasteiger partial charge in [0.1, 0.15) is 0 Å². The summed E-state index contributed by atoms with van der Waals surface area (Å²) in [6.45, 7) is 4.95. The van der Waals surface area contributed by atoms with Gasteiger partial charge in [-0.25, -0.2) is 13.4 Å². The van der Waals surface area contributed by atoms with E-state index in [2.05, 4.69) is 30.6 Å². The van der Waals surface area contributed by atoms with E-state index in [4.69, 9.17) is 0 Å². The van der Waals surface area contributed by atoms with Crippen LogP contribution in [0.3, 0.4) is 0 Å². The van der Waals surface area contributed by atoms with Gasteiger partial charge in [-0.2, -0.15) is 10.1 Å². The van der Waals surface area contributed by atoms with Crippen molar-refractivity contribution in [2.24, 2.45) is 7.05 Å². The highest BCUT2D eigenvalue weighted by Crippen LogP contribution is 2.33. The lowest BCUT2D eigenvalue weighted by molar-refractivity contribution is 0.145. The molecule has 190 valence electrons. The highest BCUT2D eigenvalue weighted by atomic mass is 32.2. The number of thiophene rings is 1. The van der Waals surface area contributed by atoms with E-state index in [1.807, 2.05) is 35.7 Å². The van der Waals surface area contributed by atoms with Gasteiger partial charge >= 0.3 is 0 Å². The molecule has 4 heterocycles. The van der Waals surface area contributed by atoms with Gasteiger partial charge in [0.2, 0.25) is 20.8 Å². The normalized spacial score (nSPS) is 15.1. The van der Waals surface area contributed by atoms with E-state index in [9.17, 15) is 13.5 Å². The third-order valence-corrected chi connectivity index (χ3v) is 9.19. The van der Waals surface area contributed by atoms with Crippen molar-refractivity contribution in [3.05, 3.63) is 41.9 Å². The Labute approximate surface area is 213 Å². The fourth-order valence-electron chi connectivity index (χ4n) is 4.13. The lowest BCUT2D eigenvalue weighted by Gasteiger charge is -2.31. The largest absolute Gasteiger partial charge is 0.393 e. The Morgan fingerprint density at radius 2 is 1.81 bits per heavy atom. The second kappa shape index (κ2) is 9.68. The number of sulfone groups is 1. The first-order chi connectivity index (χ1) is 17.2. The standard InChI is InChI=1S/C24H29N7O3S2/c1-15(2)36(33,34)23-20(14-30(3)29-23)26-22-21-19(10-13-35-21)27-24(28-22)25-16-4-6-17(7-5-16)31-11-8-18(32)9-12-31/h4-7,10,13-15,18,32H,8-9,11-12H2,1-3H3,(H2,25,26,27,28). The summed E-state index contributed by atoms with van der Waals surface area (Å²) < 4.78 is 28.0. The van der Waals surface area contributed by atoms with E-state index >= 15 is 0 Å². The SMILES string of the molecule is CC(C)S(=O)(=O)c1nn(C)cc1Nc1nc(Nc2ccc(N3CCC(O)CC3)cc2)nc2ccsc12. The summed E-state index contributed by atoms with van der Waals surface area (Å²) in [4.78, 5) is 11.6. The second-order valence-corrected chi connectivity index (χ2v) is 12.5. The quantitative estimate of drug-likeness (QED) is 0.326. The molecule has 5 rings (SSSR count). The van der Waals surface area contributed by atoms with Crippen LogP contribution in [0.15, 0.2) is 46.9 Å². The number of aliphatic hydroxyl groups is 1. The number of aliphatic hydroxyl groups excluding tert-OH is 1. The van der Waals surface area contributed by atoms with Crippen molar-refractivity contribution in [2.75, 3.05) is 28.6 Å². The van der Waals surface area contributed by atoms with Crippen LogP contribution in [0.1, 0.15) is 26.7 Å². The Hall–Kier alpha value is -3.22. The number of nitrogens with zero attached hydrogens (tertiary/aromatic N) is 5. The molecular weight excluding hydrogens is 498 g/mol. The third-order valence-electron chi connectivity index (χ3n) is 6.19. The van der Waals surface area contributed by atoms with E-state index in [0.29, 0.717) is 17.5 Å². The van der Waals surface area contributed by atoms with Crippen LogP contribution in [0.4, 0.5) is 28.8 Å². The van der Waals surface area contributed by atoms with Gasteiger partial charge in [-0.05, 0) is 62.4 Å². The van der Waals surface area contributed by atoms with Crippen molar-refractivity contribution in [3.63, 3.8) is 0 Å². The average Bonchev–Trinajstić information content (AvgIpc) is 3.47. The predicted octanol–water partition coefficient (Wildman–Crippen LogP) is 4.06. The minimum Gasteiger partial charge on any atom is -0.393 e. The molecule has 0 spiro atoms. The molecule has 36 heavy (non-hydrogen) atoms. The van der Waals surface area contributed by atoms with Crippen molar-refractivity contribution < 1.29 is 13.5 Å². The first-order valence-corrected chi connectivity index (χ1v) is 14.2. The molecule has 1 aromatic carbocycles. The minimum absolute atomic E-state index is 0.00125. The van der Waals surface area contributed by atoms with E-state index in [-0.39, 0.29) is 11.1 Å². The molecule has 0 bridgehead atoms.